The van der Waals surface area contributed by atoms with Gasteiger partial charge < -0.3 is 0 Å². The Kier molecular flexibility index (Phi) is 3.13. The Labute approximate surface area is 100 Å². The summed E-state index contributed by atoms with van der Waals surface area (Å²) in [6, 6.07) is 6.93. The smallest absolute Gasteiger partial charge is 0.267 e. The van der Waals surface area contributed by atoms with Gasteiger partial charge in [0, 0.05) is 11.6 Å². The van der Waals surface area contributed by atoms with E-state index < -0.39 is 10.1 Å². The van der Waals surface area contributed by atoms with E-state index in [2.05, 4.69) is 4.98 Å². The second-order valence-electron chi connectivity index (χ2n) is 3.70. The second kappa shape index (κ2) is 4.43. The summed E-state index contributed by atoms with van der Waals surface area (Å²) in [5.41, 5.74) is 1.44. The molecule has 0 atom stereocenters. The van der Waals surface area contributed by atoms with Crippen molar-refractivity contribution in [2.75, 3.05) is 6.61 Å². The van der Waals surface area contributed by atoms with E-state index in [0.29, 0.717) is 5.52 Å². The Balaban J connectivity index is 2.71. The molecular weight excluding hydrogens is 238 g/mol. The Morgan fingerprint density at radius 2 is 2.12 bits per heavy atom. The molecule has 2 aromatic rings. The third kappa shape index (κ3) is 2.30. The summed E-state index contributed by atoms with van der Waals surface area (Å²) in [4.78, 5) is 4.29. The molecular formula is C12H13NO3S. The number of aromatic nitrogens is 1. The van der Waals surface area contributed by atoms with Crippen LogP contribution in [-0.4, -0.2) is 20.0 Å². The van der Waals surface area contributed by atoms with Crippen LogP contribution in [-0.2, 0) is 14.3 Å². The lowest BCUT2D eigenvalue weighted by Crippen LogP contribution is -2.07. The highest BCUT2D eigenvalue weighted by molar-refractivity contribution is 7.87. The number of rotatable bonds is 3. The summed E-state index contributed by atoms with van der Waals surface area (Å²) in [6.07, 6.45) is 1.65. The molecule has 17 heavy (non-hydrogen) atoms. The maximum absolute atomic E-state index is 11.9. The van der Waals surface area contributed by atoms with E-state index in [4.69, 9.17) is 4.18 Å². The number of benzene rings is 1. The molecule has 1 heterocycles. The van der Waals surface area contributed by atoms with Gasteiger partial charge in [0.15, 0.2) is 0 Å². The standard InChI is InChI=1S/C12H13NO3S/c1-3-16-17(14,15)11-6-4-5-10-7-9(2)8-13-12(10)11/h4-8H,3H2,1-2H3. The van der Waals surface area contributed by atoms with Gasteiger partial charge in [-0.2, -0.15) is 8.42 Å². The predicted octanol–water partition coefficient (Wildman–Crippen LogP) is 2.27. The van der Waals surface area contributed by atoms with Crippen LogP contribution in [0.4, 0.5) is 0 Å². The van der Waals surface area contributed by atoms with E-state index in [0.717, 1.165) is 10.9 Å². The molecule has 0 N–H and O–H groups in total. The fourth-order valence-electron chi connectivity index (χ4n) is 1.66. The van der Waals surface area contributed by atoms with Crippen molar-refractivity contribution >= 4 is 21.0 Å². The molecule has 0 bridgehead atoms. The van der Waals surface area contributed by atoms with Crippen LogP contribution in [0.25, 0.3) is 10.9 Å². The molecule has 0 aliphatic heterocycles. The summed E-state index contributed by atoms with van der Waals surface area (Å²) in [7, 11) is -3.71. The molecule has 0 spiro atoms. The van der Waals surface area contributed by atoms with Crippen LogP contribution >= 0.6 is 0 Å². The Morgan fingerprint density at radius 3 is 2.82 bits per heavy atom. The zero-order valence-electron chi connectivity index (χ0n) is 9.67. The fraction of sp³-hybridized carbons (Fsp3) is 0.250. The molecule has 0 amide bonds. The van der Waals surface area contributed by atoms with Crippen molar-refractivity contribution in [3.05, 3.63) is 36.0 Å². The second-order valence-corrected chi connectivity index (χ2v) is 5.28. The van der Waals surface area contributed by atoms with Crippen molar-refractivity contribution in [2.24, 2.45) is 0 Å². The zero-order chi connectivity index (χ0) is 12.5. The van der Waals surface area contributed by atoms with Crippen LogP contribution in [0.5, 0.6) is 0 Å². The molecule has 0 radical (unpaired) electrons. The van der Waals surface area contributed by atoms with E-state index in [1.165, 1.54) is 6.07 Å². The molecule has 1 aromatic carbocycles. The van der Waals surface area contributed by atoms with Crippen molar-refractivity contribution in [1.29, 1.82) is 0 Å². The molecule has 1 aromatic heterocycles. The van der Waals surface area contributed by atoms with E-state index >= 15 is 0 Å². The first kappa shape index (κ1) is 12.0. The lowest BCUT2D eigenvalue weighted by Gasteiger charge is -2.06. The van der Waals surface area contributed by atoms with Gasteiger partial charge in [-0.05, 0) is 31.5 Å². The van der Waals surface area contributed by atoms with Crippen LogP contribution in [0.3, 0.4) is 0 Å². The van der Waals surface area contributed by atoms with Crippen LogP contribution < -0.4 is 0 Å². The average Bonchev–Trinajstić information content (AvgIpc) is 2.27. The fourth-order valence-corrected chi connectivity index (χ4v) is 2.75. The first-order chi connectivity index (χ1) is 8.04. The topological polar surface area (TPSA) is 56.3 Å². The molecule has 0 aliphatic rings. The van der Waals surface area contributed by atoms with Crippen LogP contribution in [0.15, 0.2) is 35.4 Å². The minimum absolute atomic E-state index is 0.116. The highest BCUT2D eigenvalue weighted by atomic mass is 32.2. The largest absolute Gasteiger partial charge is 0.299 e. The summed E-state index contributed by atoms with van der Waals surface area (Å²) in [5.74, 6) is 0. The third-order valence-corrected chi connectivity index (χ3v) is 3.77. The van der Waals surface area contributed by atoms with Crippen molar-refractivity contribution in [3.8, 4) is 0 Å². The highest BCUT2D eigenvalue weighted by Crippen LogP contribution is 2.23. The van der Waals surface area contributed by atoms with Gasteiger partial charge in [-0.25, -0.2) is 0 Å². The van der Waals surface area contributed by atoms with Gasteiger partial charge in [0.2, 0.25) is 0 Å². The molecule has 0 fully saturated rings. The minimum Gasteiger partial charge on any atom is -0.267 e. The third-order valence-electron chi connectivity index (χ3n) is 2.35. The zero-order valence-corrected chi connectivity index (χ0v) is 10.5. The first-order valence-electron chi connectivity index (χ1n) is 5.29. The number of hydrogen-bond donors (Lipinski definition) is 0. The van der Waals surface area contributed by atoms with Gasteiger partial charge in [-0.1, -0.05) is 12.1 Å². The summed E-state index contributed by atoms with van der Waals surface area (Å²) in [6.45, 7) is 3.67. The number of fused-ring (bicyclic) bond motifs is 1. The quantitative estimate of drug-likeness (QED) is 0.785. The lowest BCUT2D eigenvalue weighted by atomic mass is 10.2. The van der Waals surface area contributed by atoms with Gasteiger partial charge in [0.25, 0.3) is 10.1 Å². The van der Waals surface area contributed by atoms with Crippen LogP contribution in [0.1, 0.15) is 12.5 Å². The number of aryl methyl sites for hydroxylation is 1. The maximum Gasteiger partial charge on any atom is 0.299 e. The van der Waals surface area contributed by atoms with Gasteiger partial charge in [0.05, 0.1) is 12.1 Å². The molecule has 90 valence electrons. The number of nitrogens with zero attached hydrogens (tertiary/aromatic N) is 1. The van der Waals surface area contributed by atoms with Gasteiger partial charge >= 0.3 is 0 Å². The maximum atomic E-state index is 11.9. The van der Waals surface area contributed by atoms with E-state index in [9.17, 15) is 8.42 Å². The molecule has 2 rings (SSSR count). The summed E-state index contributed by atoms with van der Waals surface area (Å²) >= 11 is 0. The average molecular weight is 251 g/mol. The number of pyridine rings is 1. The van der Waals surface area contributed by atoms with E-state index in [-0.39, 0.29) is 11.5 Å². The number of hydrogen-bond acceptors (Lipinski definition) is 4. The summed E-state index contributed by atoms with van der Waals surface area (Å²) < 4.78 is 28.5. The van der Waals surface area contributed by atoms with Crippen molar-refractivity contribution in [3.63, 3.8) is 0 Å². The normalized spacial score (nSPS) is 11.9. The Morgan fingerprint density at radius 1 is 1.35 bits per heavy atom. The predicted molar refractivity (Wildman–Crippen MR) is 65.3 cm³/mol. The van der Waals surface area contributed by atoms with E-state index in [1.54, 1.807) is 19.2 Å². The Hall–Kier alpha value is -1.46. The highest BCUT2D eigenvalue weighted by Gasteiger charge is 2.18. The molecule has 0 saturated carbocycles. The SMILES string of the molecule is CCOS(=O)(=O)c1cccc2cc(C)cnc12. The number of para-hydroxylation sites is 1. The Bertz CT molecular complexity index is 650. The van der Waals surface area contributed by atoms with Gasteiger partial charge in [0.1, 0.15) is 4.90 Å². The van der Waals surface area contributed by atoms with Crippen molar-refractivity contribution in [2.45, 2.75) is 18.7 Å². The first-order valence-corrected chi connectivity index (χ1v) is 6.70. The summed E-state index contributed by atoms with van der Waals surface area (Å²) in [5, 5.41) is 0.797. The van der Waals surface area contributed by atoms with Crippen molar-refractivity contribution < 1.29 is 12.6 Å². The minimum atomic E-state index is -3.71. The van der Waals surface area contributed by atoms with Gasteiger partial charge in [-0.3, -0.25) is 9.17 Å². The molecule has 0 saturated heterocycles. The van der Waals surface area contributed by atoms with E-state index in [1.807, 2.05) is 19.1 Å². The molecule has 4 nitrogen and oxygen atoms in total. The van der Waals surface area contributed by atoms with Gasteiger partial charge in [-0.15, -0.1) is 0 Å². The monoisotopic (exact) mass is 251 g/mol. The lowest BCUT2D eigenvalue weighted by molar-refractivity contribution is 0.338. The van der Waals surface area contributed by atoms with Crippen LogP contribution in [0, 0.1) is 6.92 Å². The molecule has 0 aliphatic carbocycles. The van der Waals surface area contributed by atoms with Crippen LogP contribution in [0.2, 0.25) is 0 Å². The van der Waals surface area contributed by atoms with Crippen molar-refractivity contribution in [1.82, 2.24) is 4.98 Å². The molecule has 5 heteroatoms. The molecule has 0 unspecified atom stereocenters.